The van der Waals surface area contributed by atoms with Gasteiger partial charge in [0.25, 0.3) is 0 Å². The van der Waals surface area contributed by atoms with Crippen LogP contribution in [-0.4, -0.2) is 66.8 Å². The number of benzene rings is 3. The molecule has 0 atom stereocenters. The second-order valence-electron chi connectivity index (χ2n) is 10.8. The third-order valence-electron chi connectivity index (χ3n) is 6.30. The number of nitrogens with one attached hydrogen (secondary N) is 2. The topological polar surface area (TPSA) is 147 Å². The third kappa shape index (κ3) is 9.54. The molecule has 15 heteroatoms. The van der Waals surface area contributed by atoms with E-state index in [9.17, 15) is 13.2 Å². The molecular formula is C30H35IN6O6S2. The number of aromatic nitrogens is 4. The van der Waals surface area contributed by atoms with E-state index in [-0.39, 0.29) is 17.2 Å². The van der Waals surface area contributed by atoms with Crippen molar-refractivity contribution in [1.82, 2.24) is 30.2 Å². The maximum atomic E-state index is 13.8. The summed E-state index contributed by atoms with van der Waals surface area (Å²) in [6.45, 7) is 5.87. The van der Waals surface area contributed by atoms with Crippen LogP contribution >= 0.6 is 34.5 Å². The summed E-state index contributed by atoms with van der Waals surface area (Å²) in [6, 6.07) is 18.4. The van der Waals surface area contributed by atoms with Gasteiger partial charge in [0, 0.05) is 16.7 Å². The van der Waals surface area contributed by atoms with Crippen molar-refractivity contribution in [2.24, 2.45) is 0 Å². The zero-order chi connectivity index (χ0) is 32.6. The summed E-state index contributed by atoms with van der Waals surface area (Å²) in [5.41, 5.74) is 1.78. The number of sulfone groups is 1. The van der Waals surface area contributed by atoms with E-state index in [1.807, 2.05) is 48.5 Å². The Morgan fingerprint density at radius 2 is 1.58 bits per heavy atom. The first-order chi connectivity index (χ1) is 21.4. The maximum absolute atomic E-state index is 13.8. The van der Waals surface area contributed by atoms with Crippen LogP contribution in [0.5, 0.6) is 11.5 Å². The molecule has 2 N–H and O–H groups in total. The Hall–Kier alpha value is -3.41. The van der Waals surface area contributed by atoms with E-state index in [1.165, 1.54) is 11.9 Å². The highest BCUT2D eigenvalue weighted by Crippen LogP contribution is 2.38. The Kier molecular flexibility index (Phi) is 11.7. The van der Waals surface area contributed by atoms with Crippen molar-refractivity contribution in [3.05, 3.63) is 75.4 Å². The van der Waals surface area contributed by atoms with Crippen molar-refractivity contribution < 1.29 is 27.4 Å². The second-order valence-corrected chi connectivity index (χ2v) is 14.9. The van der Waals surface area contributed by atoms with Crippen molar-refractivity contribution in [1.29, 1.82) is 0 Å². The lowest BCUT2D eigenvalue weighted by Gasteiger charge is -2.20. The minimum Gasteiger partial charge on any atom is -0.497 e. The molecule has 0 radical (unpaired) electrons. The molecule has 45 heavy (non-hydrogen) atoms. The van der Waals surface area contributed by atoms with E-state index in [1.54, 1.807) is 51.8 Å². The SMILES string of the molecule is COc1ccc(CNSc2c(S(=O)(=O)CCNC(=O)OC(C)(C)C)ccc(I)c2-c2nnnn2Cc2ccc(OC)cc2)cc1. The molecule has 0 saturated heterocycles. The van der Waals surface area contributed by atoms with Gasteiger partial charge in [-0.2, -0.15) is 0 Å². The smallest absolute Gasteiger partial charge is 0.407 e. The fourth-order valence-electron chi connectivity index (χ4n) is 4.13. The van der Waals surface area contributed by atoms with Gasteiger partial charge in [-0.3, -0.25) is 4.72 Å². The first kappa shape index (κ1) is 34.5. The molecular weight excluding hydrogens is 731 g/mol. The van der Waals surface area contributed by atoms with E-state index < -0.39 is 21.5 Å². The van der Waals surface area contributed by atoms with Crippen LogP contribution in [0, 0.1) is 3.57 Å². The molecule has 0 bridgehead atoms. The molecule has 12 nitrogen and oxygen atoms in total. The third-order valence-corrected chi connectivity index (χ3v) is 10.00. The normalized spacial score (nSPS) is 11.7. The number of ether oxygens (including phenoxy) is 3. The van der Waals surface area contributed by atoms with Crippen molar-refractivity contribution >= 4 is 50.5 Å². The molecule has 4 aromatic rings. The Balaban J connectivity index is 1.67. The molecule has 1 heterocycles. The summed E-state index contributed by atoms with van der Waals surface area (Å²) in [7, 11) is -0.677. The van der Waals surface area contributed by atoms with Crippen LogP contribution in [0.2, 0.25) is 0 Å². The van der Waals surface area contributed by atoms with E-state index in [0.717, 1.165) is 26.2 Å². The van der Waals surface area contributed by atoms with E-state index in [0.29, 0.717) is 29.4 Å². The van der Waals surface area contributed by atoms with Gasteiger partial charge in [-0.1, -0.05) is 24.3 Å². The molecule has 240 valence electrons. The molecule has 4 rings (SSSR count). The zero-order valence-electron chi connectivity index (χ0n) is 25.5. The van der Waals surface area contributed by atoms with Crippen LogP contribution in [0.4, 0.5) is 4.79 Å². The first-order valence-electron chi connectivity index (χ1n) is 13.8. The van der Waals surface area contributed by atoms with Crippen molar-refractivity contribution in [2.45, 2.75) is 49.3 Å². The zero-order valence-corrected chi connectivity index (χ0v) is 29.3. The minimum atomic E-state index is -3.89. The van der Waals surface area contributed by atoms with Gasteiger partial charge in [-0.25, -0.2) is 17.9 Å². The largest absolute Gasteiger partial charge is 0.497 e. The number of rotatable bonds is 13. The monoisotopic (exact) mass is 766 g/mol. The molecule has 0 aliphatic carbocycles. The van der Waals surface area contributed by atoms with Crippen LogP contribution in [0.25, 0.3) is 11.4 Å². The number of alkyl carbamates (subject to hydrolysis) is 1. The predicted octanol–water partition coefficient (Wildman–Crippen LogP) is 5.11. The highest BCUT2D eigenvalue weighted by molar-refractivity contribution is 14.1. The van der Waals surface area contributed by atoms with Crippen LogP contribution in [0.1, 0.15) is 31.9 Å². The second kappa shape index (κ2) is 15.2. The van der Waals surface area contributed by atoms with E-state index in [2.05, 4.69) is 48.2 Å². The van der Waals surface area contributed by atoms with Crippen molar-refractivity contribution in [2.75, 3.05) is 26.5 Å². The average molecular weight is 767 g/mol. The number of tetrazole rings is 1. The summed E-state index contributed by atoms with van der Waals surface area (Å²) in [5.74, 6) is 1.54. The van der Waals surface area contributed by atoms with Gasteiger partial charge in [0.05, 0.1) is 41.9 Å². The quantitative estimate of drug-likeness (QED) is 0.138. The minimum absolute atomic E-state index is 0.0927. The number of nitrogens with zero attached hydrogens (tertiary/aromatic N) is 4. The fourth-order valence-corrected chi connectivity index (χ4v) is 7.62. The van der Waals surface area contributed by atoms with Gasteiger partial charge >= 0.3 is 6.09 Å². The number of methoxy groups -OCH3 is 2. The van der Waals surface area contributed by atoms with Crippen LogP contribution in [0.15, 0.2) is 70.5 Å². The summed E-state index contributed by atoms with van der Waals surface area (Å²) in [4.78, 5) is 12.7. The highest BCUT2D eigenvalue weighted by Gasteiger charge is 2.27. The maximum Gasteiger partial charge on any atom is 0.407 e. The number of halogens is 1. The standard InChI is InChI=1S/C30H35IN6O6S2/c1-30(2,3)43-29(38)32-16-17-45(39,40)25-15-14-24(31)26(27(25)44-33-18-20-6-10-22(41-4)11-7-20)28-34-35-36-37(28)19-21-8-12-23(42-5)13-9-21/h6-15,33H,16-19H2,1-5H3,(H,32,38). The number of hydrogen-bond acceptors (Lipinski definition) is 11. The number of carbonyl (C=O) groups excluding carboxylic acids is 1. The van der Waals surface area contributed by atoms with Gasteiger partial charge in [0.2, 0.25) is 0 Å². The highest BCUT2D eigenvalue weighted by atomic mass is 127. The number of amides is 1. The molecule has 0 saturated carbocycles. The average Bonchev–Trinajstić information content (AvgIpc) is 3.44. The van der Waals surface area contributed by atoms with Gasteiger partial charge in [0.1, 0.15) is 17.1 Å². The van der Waals surface area contributed by atoms with Crippen LogP contribution in [-0.2, 0) is 27.7 Å². The molecule has 0 aliphatic rings. The first-order valence-corrected chi connectivity index (χ1v) is 17.4. The van der Waals surface area contributed by atoms with E-state index >= 15 is 0 Å². The lowest BCUT2D eigenvalue weighted by molar-refractivity contribution is 0.0531. The van der Waals surface area contributed by atoms with Gasteiger partial charge in [0.15, 0.2) is 15.7 Å². The fraction of sp³-hybridized carbons (Fsp3) is 0.333. The Morgan fingerprint density at radius 3 is 2.18 bits per heavy atom. The summed E-state index contributed by atoms with van der Waals surface area (Å²) >= 11 is 3.34. The number of carbonyl (C=O) groups is 1. The van der Waals surface area contributed by atoms with Crippen molar-refractivity contribution in [3.8, 4) is 22.9 Å². The lowest BCUT2D eigenvalue weighted by atomic mass is 10.2. The Bertz CT molecular complexity index is 1710. The summed E-state index contributed by atoms with van der Waals surface area (Å²) < 4.78 is 49.0. The summed E-state index contributed by atoms with van der Waals surface area (Å²) in [6.07, 6.45) is -0.686. The number of hydrogen-bond donors (Lipinski definition) is 2. The molecule has 1 amide bonds. The van der Waals surface area contributed by atoms with Gasteiger partial charge in [-0.15, -0.1) is 5.10 Å². The molecule has 0 fully saturated rings. The summed E-state index contributed by atoms with van der Waals surface area (Å²) in [5, 5.41) is 15.0. The van der Waals surface area contributed by atoms with Gasteiger partial charge in [-0.05, 0) is 113 Å². The predicted molar refractivity (Wildman–Crippen MR) is 180 cm³/mol. The Labute approximate surface area is 280 Å². The van der Waals surface area contributed by atoms with E-state index in [4.69, 9.17) is 14.2 Å². The van der Waals surface area contributed by atoms with Crippen LogP contribution < -0.4 is 19.5 Å². The molecule has 1 aromatic heterocycles. The van der Waals surface area contributed by atoms with Gasteiger partial charge < -0.3 is 19.5 Å². The molecule has 0 unspecified atom stereocenters. The molecule has 3 aromatic carbocycles. The van der Waals surface area contributed by atoms with Crippen molar-refractivity contribution in [3.63, 3.8) is 0 Å². The van der Waals surface area contributed by atoms with Crippen LogP contribution in [0.3, 0.4) is 0 Å². The lowest BCUT2D eigenvalue weighted by Crippen LogP contribution is -2.35. The molecule has 0 spiro atoms. The Morgan fingerprint density at radius 1 is 0.956 bits per heavy atom. The molecule has 0 aliphatic heterocycles.